The van der Waals surface area contributed by atoms with E-state index in [2.05, 4.69) is 11.8 Å². The molecule has 0 aromatic rings. The second kappa shape index (κ2) is 4.06. The van der Waals surface area contributed by atoms with Crippen molar-refractivity contribution < 1.29 is 4.39 Å². The Balaban J connectivity index is 3.82. The van der Waals surface area contributed by atoms with Gasteiger partial charge in [0.2, 0.25) is 0 Å². The molecule has 0 amide bonds. The first-order valence-electron chi connectivity index (χ1n) is 2.65. The number of allylic oxidation sites excluding steroid dienone is 1. The van der Waals surface area contributed by atoms with Gasteiger partial charge in [0.05, 0.1) is 0 Å². The van der Waals surface area contributed by atoms with Gasteiger partial charge in [-0.15, -0.1) is 0 Å². The number of hydrogen-bond acceptors (Lipinski definition) is 2. The summed E-state index contributed by atoms with van der Waals surface area (Å²) < 4.78 is 11.8. The molecule has 2 nitrogen and oxygen atoms in total. The van der Waals surface area contributed by atoms with Gasteiger partial charge in [-0.1, -0.05) is 5.57 Å². The van der Waals surface area contributed by atoms with Gasteiger partial charge >= 0.3 is 0 Å². The van der Waals surface area contributed by atoms with Gasteiger partial charge in [0.25, 0.3) is 0 Å². The lowest BCUT2D eigenvalue weighted by atomic mass is 10.4. The zero-order valence-corrected chi connectivity index (χ0v) is 5.76. The van der Waals surface area contributed by atoms with Crippen LogP contribution in [0.1, 0.15) is 13.8 Å². The van der Waals surface area contributed by atoms with Crippen molar-refractivity contribution in [3.63, 3.8) is 0 Å². The van der Waals surface area contributed by atoms with E-state index in [1.165, 1.54) is 0 Å². The number of nitrogens with zero attached hydrogens (tertiary/aromatic N) is 2. The fourth-order valence-corrected chi connectivity index (χ4v) is 0.411. The molecule has 0 spiro atoms. The van der Waals surface area contributed by atoms with Crippen molar-refractivity contribution in [3.05, 3.63) is 11.8 Å². The summed E-state index contributed by atoms with van der Waals surface area (Å²) in [5.74, 6) is 0. The normalized spacial score (nSPS) is 8.33. The summed E-state index contributed by atoms with van der Waals surface area (Å²) in [6.45, 7) is 6.30. The molecule has 9 heavy (non-hydrogen) atoms. The van der Waals surface area contributed by atoms with Gasteiger partial charge in [0, 0.05) is 12.9 Å². The van der Waals surface area contributed by atoms with Crippen LogP contribution in [0.5, 0.6) is 0 Å². The lowest BCUT2D eigenvalue weighted by Crippen LogP contribution is -2.06. The molecule has 0 N–H and O–H groups in total. The molecule has 0 aliphatic heterocycles. The summed E-state index contributed by atoms with van der Waals surface area (Å²) in [6, 6.07) is 0. The van der Waals surface area contributed by atoms with Crippen LogP contribution in [-0.4, -0.2) is 18.5 Å². The van der Waals surface area contributed by atoms with E-state index in [1.807, 2.05) is 13.8 Å². The summed E-state index contributed by atoms with van der Waals surface area (Å²) in [6.07, 6.45) is 1.59. The first kappa shape index (κ1) is 8.14. The molecule has 52 valence electrons. The molecular formula is C6H11FN2. The number of hydrazone groups is 1. The van der Waals surface area contributed by atoms with Gasteiger partial charge in [-0.25, -0.2) is 9.40 Å². The second-order valence-electron chi connectivity index (χ2n) is 1.91. The van der Waals surface area contributed by atoms with E-state index in [4.69, 9.17) is 0 Å². The van der Waals surface area contributed by atoms with Crippen LogP contribution < -0.4 is 0 Å². The van der Waals surface area contributed by atoms with E-state index >= 15 is 0 Å². The monoisotopic (exact) mass is 130 g/mol. The average molecular weight is 130 g/mol. The van der Waals surface area contributed by atoms with E-state index in [-0.39, 0.29) is 0 Å². The van der Waals surface area contributed by atoms with E-state index in [9.17, 15) is 4.39 Å². The van der Waals surface area contributed by atoms with Crippen LogP contribution in [0.2, 0.25) is 0 Å². The first-order valence-corrected chi connectivity index (χ1v) is 2.65. The molecule has 0 fully saturated rings. The predicted molar refractivity (Wildman–Crippen MR) is 36.8 cm³/mol. The second-order valence-corrected chi connectivity index (χ2v) is 1.91. The van der Waals surface area contributed by atoms with Crippen molar-refractivity contribution in [1.82, 2.24) is 5.01 Å². The molecule has 0 aromatic heterocycles. The third-order valence-corrected chi connectivity index (χ3v) is 0.711. The largest absolute Gasteiger partial charge is 0.243 e. The van der Waals surface area contributed by atoms with Crippen LogP contribution in [0.4, 0.5) is 4.39 Å². The Hall–Kier alpha value is -0.860. The zero-order valence-electron chi connectivity index (χ0n) is 5.76. The molecule has 0 heterocycles. The minimum absolute atomic E-state index is 0.616. The molecule has 0 aromatic carbocycles. The Morgan fingerprint density at radius 3 is 2.44 bits per heavy atom. The van der Waals surface area contributed by atoms with Crippen molar-refractivity contribution in [2.75, 3.05) is 6.80 Å². The van der Waals surface area contributed by atoms with Gasteiger partial charge in [0.1, 0.15) is 0 Å². The molecule has 0 saturated heterocycles. The highest BCUT2D eigenvalue weighted by Crippen LogP contribution is 1.95. The number of hydrogen-bond donors (Lipinski definition) is 0. The molecule has 0 aliphatic carbocycles. The molecule has 0 bridgehead atoms. The minimum Gasteiger partial charge on any atom is -0.243 e. The Bertz CT molecular complexity index is 116. The first-order chi connectivity index (χ1) is 4.20. The number of alkyl halides is 1. The fourth-order valence-electron chi connectivity index (χ4n) is 0.411. The van der Waals surface area contributed by atoms with Crippen molar-refractivity contribution in [2.24, 2.45) is 5.10 Å². The summed E-state index contributed by atoms with van der Waals surface area (Å²) in [4.78, 5) is 0. The predicted octanol–water partition coefficient (Wildman–Crippen LogP) is 1.75. The van der Waals surface area contributed by atoms with Crippen molar-refractivity contribution in [3.8, 4) is 0 Å². The molecule has 0 atom stereocenters. The average Bonchev–Trinajstić information content (AvgIpc) is 1.82. The van der Waals surface area contributed by atoms with E-state index in [0.717, 1.165) is 10.6 Å². The maximum absolute atomic E-state index is 11.8. The van der Waals surface area contributed by atoms with Gasteiger partial charge in [-0.2, -0.15) is 5.10 Å². The quantitative estimate of drug-likeness (QED) is 0.323. The van der Waals surface area contributed by atoms with Gasteiger partial charge in [0.15, 0.2) is 6.80 Å². The molecule has 0 saturated carbocycles. The lowest BCUT2D eigenvalue weighted by molar-refractivity contribution is 0.262. The highest BCUT2D eigenvalue weighted by Gasteiger charge is 1.89. The Labute approximate surface area is 54.7 Å². The maximum atomic E-state index is 11.8. The van der Waals surface area contributed by atoms with Crippen molar-refractivity contribution in [1.29, 1.82) is 0 Å². The van der Waals surface area contributed by atoms with Crippen molar-refractivity contribution in [2.45, 2.75) is 13.8 Å². The van der Waals surface area contributed by atoms with Crippen LogP contribution in [0.25, 0.3) is 0 Å². The number of rotatable bonds is 3. The van der Waals surface area contributed by atoms with Crippen LogP contribution in [-0.2, 0) is 0 Å². The highest BCUT2D eigenvalue weighted by atomic mass is 19.1. The lowest BCUT2D eigenvalue weighted by Gasteiger charge is -2.06. The molecule has 3 heteroatoms. The Kier molecular flexibility index (Phi) is 3.67. The third-order valence-electron chi connectivity index (χ3n) is 0.711. The molecule has 0 aliphatic rings. The molecule has 0 unspecified atom stereocenters. The van der Waals surface area contributed by atoms with Gasteiger partial charge < -0.3 is 0 Å². The fraction of sp³-hybridized carbons (Fsp3) is 0.500. The molecule has 0 radical (unpaired) electrons. The molecular weight excluding hydrogens is 119 g/mol. The van der Waals surface area contributed by atoms with Crippen LogP contribution in [0.15, 0.2) is 16.9 Å². The number of halogens is 1. The smallest absolute Gasteiger partial charge is 0.181 e. The van der Waals surface area contributed by atoms with E-state index in [1.54, 1.807) is 6.20 Å². The third kappa shape index (κ3) is 3.70. The Morgan fingerprint density at radius 2 is 2.33 bits per heavy atom. The SMILES string of the molecule is C=NN(C=C(C)C)CF. The summed E-state index contributed by atoms with van der Waals surface area (Å²) in [5.41, 5.74) is 1.00. The van der Waals surface area contributed by atoms with Crippen LogP contribution in [0.3, 0.4) is 0 Å². The topological polar surface area (TPSA) is 15.6 Å². The van der Waals surface area contributed by atoms with Crippen LogP contribution >= 0.6 is 0 Å². The zero-order chi connectivity index (χ0) is 7.28. The van der Waals surface area contributed by atoms with E-state index < -0.39 is 6.80 Å². The van der Waals surface area contributed by atoms with Crippen molar-refractivity contribution >= 4 is 6.72 Å². The standard InChI is InChI=1S/C6H11FN2/c1-6(2)4-9(5-7)8-3/h4H,3,5H2,1-2H3. The maximum Gasteiger partial charge on any atom is 0.181 e. The van der Waals surface area contributed by atoms with Gasteiger partial charge in [-0.3, -0.25) is 0 Å². The van der Waals surface area contributed by atoms with E-state index in [0.29, 0.717) is 0 Å². The van der Waals surface area contributed by atoms with Crippen LogP contribution in [0, 0.1) is 0 Å². The highest BCUT2D eigenvalue weighted by molar-refractivity contribution is 5.22. The Morgan fingerprint density at radius 1 is 1.78 bits per heavy atom. The van der Waals surface area contributed by atoms with Gasteiger partial charge in [-0.05, 0) is 13.8 Å². The molecule has 0 rings (SSSR count). The summed E-state index contributed by atoms with van der Waals surface area (Å²) in [7, 11) is 0. The minimum atomic E-state index is -0.616. The summed E-state index contributed by atoms with van der Waals surface area (Å²) in [5, 5.41) is 4.51. The summed E-state index contributed by atoms with van der Waals surface area (Å²) >= 11 is 0.